The van der Waals surface area contributed by atoms with Gasteiger partial charge in [0, 0.05) is 23.8 Å². The molecule has 2 nitrogen and oxygen atoms in total. The Morgan fingerprint density at radius 3 is 3.19 bits per heavy atom. The minimum absolute atomic E-state index is 0.737. The smallest absolute Gasteiger partial charge is 0.0897 e. The molecule has 1 aliphatic heterocycles. The zero-order valence-electron chi connectivity index (χ0n) is 9.79. The SMILES string of the molecule is Cc1nc(CN2CCCC2CCCCl)cs1. The summed E-state index contributed by atoms with van der Waals surface area (Å²) in [5.74, 6) is 0.792. The molecule has 0 aliphatic carbocycles. The highest BCUT2D eigenvalue weighted by molar-refractivity contribution is 7.09. The molecule has 90 valence electrons. The molecule has 0 amide bonds. The Balaban J connectivity index is 1.88. The van der Waals surface area contributed by atoms with Gasteiger partial charge in [-0.05, 0) is 39.2 Å². The molecule has 1 atom stereocenters. The predicted octanol–water partition coefficient (Wildman–Crippen LogP) is 3.43. The fourth-order valence-corrected chi connectivity index (χ4v) is 3.19. The summed E-state index contributed by atoms with van der Waals surface area (Å²) in [5.41, 5.74) is 1.24. The largest absolute Gasteiger partial charge is 0.295 e. The summed E-state index contributed by atoms with van der Waals surface area (Å²) < 4.78 is 0. The van der Waals surface area contributed by atoms with Gasteiger partial charge >= 0.3 is 0 Å². The van der Waals surface area contributed by atoms with Crippen LogP contribution >= 0.6 is 22.9 Å². The fourth-order valence-electron chi connectivity index (χ4n) is 2.43. The molecule has 2 rings (SSSR count). The molecule has 0 bridgehead atoms. The first-order valence-corrected chi connectivity index (χ1v) is 7.42. The van der Waals surface area contributed by atoms with E-state index in [4.69, 9.17) is 11.6 Å². The van der Waals surface area contributed by atoms with Crippen molar-refractivity contribution < 1.29 is 0 Å². The van der Waals surface area contributed by atoms with E-state index >= 15 is 0 Å². The van der Waals surface area contributed by atoms with Crippen LogP contribution in [0.2, 0.25) is 0 Å². The van der Waals surface area contributed by atoms with E-state index in [-0.39, 0.29) is 0 Å². The minimum Gasteiger partial charge on any atom is -0.295 e. The van der Waals surface area contributed by atoms with Crippen molar-refractivity contribution in [2.75, 3.05) is 12.4 Å². The maximum atomic E-state index is 5.76. The van der Waals surface area contributed by atoms with Crippen LogP contribution in [-0.4, -0.2) is 28.4 Å². The summed E-state index contributed by atoms with van der Waals surface area (Å²) in [5, 5.41) is 3.36. The first-order chi connectivity index (χ1) is 7.79. The van der Waals surface area contributed by atoms with E-state index in [1.807, 2.05) is 0 Å². The van der Waals surface area contributed by atoms with Gasteiger partial charge in [-0.25, -0.2) is 4.98 Å². The number of likely N-dealkylation sites (tertiary alicyclic amines) is 1. The molecule has 16 heavy (non-hydrogen) atoms. The molecule has 1 saturated heterocycles. The van der Waals surface area contributed by atoms with Crippen LogP contribution in [-0.2, 0) is 6.54 Å². The molecular formula is C12H19ClN2S. The molecule has 4 heteroatoms. The molecule has 0 aromatic carbocycles. The third-order valence-electron chi connectivity index (χ3n) is 3.20. The summed E-state index contributed by atoms with van der Waals surface area (Å²) in [4.78, 5) is 7.11. The van der Waals surface area contributed by atoms with E-state index in [1.165, 1.54) is 36.5 Å². The number of halogens is 1. The zero-order chi connectivity index (χ0) is 11.4. The highest BCUT2D eigenvalue weighted by Crippen LogP contribution is 2.24. The maximum absolute atomic E-state index is 5.76. The van der Waals surface area contributed by atoms with Crippen LogP contribution < -0.4 is 0 Å². The number of alkyl halides is 1. The number of nitrogens with zero attached hydrogens (tertiary/aromatic N) is 2. The predicted molar refractivity (Wildman–Crippen MR) is 70.2 cm³/mol. The normalized spacial score (nSPS) is 21.8. The van der Waals surface area contributed by atoms with Crippen LogP contribution in [0.1, 0.15) is 36.4 Å². The van der Waals surface area contributed by atoms with Crippen LogP contribution in [0.3, 0.4) is 0 Å². The summed E-state index contributed by atoms with van der Waals surface area (Å²) in [7, 11) is 0. The molecule has 0 N–H and O–H groups in total. The lowest BCUT2D eigenvalue weighted by molar-refractivity contribution is 0.231. The van der Waals surface area contributed by atoms with Crippen molar-refractivity contribution in [3.63, 3.8) is 0 Å². The number of hydrogen-bond donors (Lipinski definition) is 0. The third kappa shape index (κ3) is 3.19. The second kappa shape index (κ2) is 5.99. The summed E-state index contributed by atoms with van der Waals surface area (Å²) >= 11 is 7.51. The summed E-state index contributed by atoms with van der Waals surface area (Å²) in [6.07, 6.45) is 5.04. The lowest BCUT2D eigenvalue weighted by Crippen LogP contribution is -2.29. The molecule has 1 unspecified atom stereocenters. The molecule has 1 fully saturated rings. The van der Waals surface area contributed by atoms with Crippen molar-refractivity contribution in [1.82, 2.24) is 9.88 Å². The molecule has 2 heterocycles. The van der Waals surface area contributed by atoms with Gasteiger partial charge in [-0.3, -0.25) is 4.90 Å². The average Bonchev–Trinajstić information content (AvgIpc) is 2.86. The number of aryl methyl sites for hydroxylation is 1. The van der Waals surface area contributed by atoms with Crippen LogP contribution in [0.25, 0.3) is 0 Å². The Bertz CT molecular complexity index is 327. The Kier molecular flexibility index (Phi) is 4.62. The summed E-state index contributed by atoms with van der Waals surface area (Å²) in [6, 6.07) is 0.737. The number of rotatable bonds is 5. The Morgan fingerprint density at radius 1 is 1.62 bits per heavy atom. The highest BCUT2D eigenvalue weighted by atomic mass is 35.5. The lowest BCUT2D eigenvalue weighted by Gasteiger charge is -2.23. The second-order valence-corrected chi connectivity index (χ2v) is 5.90. The van der Waals surface area contributed by atoms with E-state index in [0.29, 0.717) is 0 Å². The van der Waals surface area contributed by atoms with Crippen molar-refractivity contribution in [2.45, 2.75) is 45.2 Å². The molecule has 1 aromatic heterocycles. The molecule has 0 saturated carbocycles. The first kappa shape index (κ1) is 12.3. The number of hydrogen-bond acceptors (Lipinski definition) is 3. The fraction of sp³-hybridized carbons (Fsp3) is 0.750. The van der Waals surface area contributed by atoms with Gasteiger partial charge in [-0.15, -0.1) is 22.9 Å². The molecule has 1 aliphatic rings. The second-order valence-electron chi connectivity index (χ2n) is 4.46. The molecule has 0 radical (unpaired) electrons. The van der Waals surface area contributed by atoms with Gasteiger partial charge in [0.2, 0.25) is 0 Å². The van der Waals surface area contributed by atoms with Gasteiger partial charge in [-0.1, -0.05) is 0 Å². The van der Waals surface area contributed by atoms with E-state index < -0.39 is 0 Å². The lowest BCUT2D eigenvalue weighted by atomic mass is 10.1. The molecule has 0 spiro atoms. The maximum Gasteiger partial charge on any atom is 0.0897 e. The van der Waals surface area contributed by atoms with E-state index in [2.05, 4.69) is 22.2 Å². The van der Waals surface area contributed by atoms with Crippen LogP contribution in [0.15, 0.2) is 5.38 Å². The van der Waals surface area contributed by atoms with E-state index in [1.54, 1.807) is 11.3 Å². The van der Waals surface area contributed by atoms with Crippen molar-refractivity contribution in [3.05, 3.63) is 16.1 Å². The van der Waals surface area contributed by atoms with Gasteiger partial charge in [0.05, 0.1) is 10.7 Å². The highest BCUT2D eigenvalue weighted by Gasteiger charge is 2.24. The van der Waals surface area contributed by atoms with Crippen LogP contribution in [0.5, 0.6) is 0 Å². The van der Waals surface area contributed by atoms with Crippen molar-refractivity contribution >= 4 is 22.9 Å². The van der Waals surface area contributed by atoms with Crippen molar-refractivity contribution in [1.29, 1.82) is 0 Å². The Morgan fingerprint density at radius 2 is 2.50 bits per heavy atom. The van der Waals surface area contributed by atoms with Crippen molar-refractivity contribution in [3.8, 4) is 0 Å². The molecular weight excluding hydrogens is 240 g/mol. The minimum atomic E-state index is 0.737. The standard InChI is InChI=1S/C12H19ClN2S/c1-10-14-11(9-16-10)8-15-7-3-5-12(15)4-2-6-13/h9,12H,2-8H2,1H3. The van der Waals surface area contributed by atoms with Gasteiger partial charge in [-0.2, -0.15) is 0 Å². The third-order valence-corrected chi connectivity index (χ3v) is 4.29. The summed E-state index contributed by atoms with van der Waals surface area (Å²) in [6.45, 7) is 4.32. The van der Waals surface area contributed by atoms with Gasteiger partial charge in [0.25, 0.3) is 0 Å². The van der Waals surface area contributed by atoms with Gasteiger partial charge in [0.1, 0.15) is 0 Å². The topological polar surface area (TPSA) is 16.1 Å². The first-order valence-electron chi connectivity index (χ1n) is 6.00. The van der Waals surface area contributed by atoms with Crippen LogP contribution in [0, 0.1) is 6.92 Å². The van der Waals surface area contributed by atoms with Crippen LogP contribution in [0.4, 0.5) is 0 Å². The monoisotopic (exact) mass is 258 g/mol. The van der Waals surface area contributed by atoms with Gasteiger partial charge in [0.15, 0.2) is 0 Å². The van der Waals surface area contributed by atoms with Crippen molar-refractivity contribution in [2.24, 2.45) is 0 Å². The average molecular weight is 259 g/mol. The Hall–Kier alpha value is -0.120. The number of aromatic nitrogens is 1. The number of thiazole rings is 1. The van der Waals surface area contributed by atoms with Gasteiger partial charge < -0.3 is 0 Å². The quantitative estimate of drug-likeness (QED) is 0.753. The Labute approximate surface area is 107 Å². The van der Waals surface area contributed by atoms with E-state index in [9.17, 15) is 0 Å². The van der Waals surface area contributed by atoms with E-state index in [0.717, 1.165) is 24.9 Å². The molecule has 1 aromatic rings. The zero-order valence-corrected chi connectivity index (χ0v) is 11.4.